The summed E-state index contributed by atoms with van der Waals surface area (Å²) in [5.74, 6) is 4.41. The van der Waals surface area contributed by atoms with Gasteiger partial charge in [0.2, 0.25) is 0 Å². The Kier molecular flexibility index (Phi) is 6.18. The molecule has 0 unspecified atom stereocenters. The summed E-state index contributed by atoms with van der Waals surface area (Å²) < 4.78 is 76.5. The molecule has 0 spiro atoms. The lowest BCUT2D eigenvalue weighted by Crippen LogP contribution is -2.46. The maximum atomic E-state index is 12.2. The number of hydrogen-bond acceptors (Lipinski definition) is 3. The van der Waals surface area contributed by atoms with Gasteiger partial charge in [-0.2, -0.15) is 13.2 Å². The molecule has 0 aliphatic rings. The van der Waals surface area contributed by atoms with Gasteiger partial charge in [-0.1, -0.05) is 23.2 Å². The SMILES string of the molecule is NN(CC(F)(F)F)C(=S)Nc1c(Cl)cc(OC(F)(F)F)cc1Cl. The molecule has 1 aromatic rings. The van der Waals surface area contributed by atoms with E-state index in [2.05, 4.69) is 22.3 Å². The van der Waals surface area contributed by atoms with Crippen molar-refractivity contribution in [3.05, 3.63) is 22.2 Å². The van der Waals surface area contributed by atoms with Gasteiger partial charge in [-0.3, -0.25) is 5.01 Å². The molecule has 0 aliphatic heterocycles. The molecular weight excluding hydrogens is 395 g/mol. The fourth-order valence-electron chi connectivity index (χ4n) is 1.31. The van der Waals surface area contributed by atoms with Gasteiger partial charge in [0.15, 0.2) is 5.11 Å². The van der Waals surface area contributed by atoms with Crippen LogP contribution < -0.4 is 15.9 Å². The minimum atomic E-state index is -4.96. The number of hydrogen-bond donors (Lipinski definition) is 2. The first-order valence-corrected chi connectivity index (χ1v) is 6.59. The smallest absolute Gasteiger partial charge is 0.406 e. The van der Waals surface area contributed by atoms with E-state index in [9.17, 15) is 26.3 Å². The molecule has 0 bridgehead atoms. The van der Waals surface area contributed by atoms with Crippen LogP contribution in [-0.4, -0.2) is 29.2 Å². The molecule has 0 atom stereocenters. The predicted octanol–water partition coefficient (Wildman–Crippen LogP) is 4.33. The number of halogens is 8. The summed E-state index contributed by atoms with van der Waals surface area (Å²) in [5.41, 5.74) is -0.217. The summed E-state index contributed by atoms with van der Waals surface area (Å²) >= 11 is 16.0. The lowest BCUT2D eigenvalue weighted by Gasteiger charge is -2.22. The van der Waals surface area contributed by atoms with Crippen LogP contribution in [0.1, 0.15) is 0 Å². The van der Waals surface area contributed by atoms with E-state index in [1.807, 2.05) is 0 Å². The highest BCUT2D eigenvalue weighted by Crippen LogP contribution is 2.36. The van der Waals surface area contributed by atoms with Crippen LogP contribution >= 0.6 is 35.4 Å². The first-order valence-electron chi connectivity index (χ1n) is 5.43. The molecule has 130 valence electrons. The second-order valence-corrected chi connectivity index (χ2v) is 5.18. The number of benzene rings is 1. The third-order valence-corrected chi connectivity index (χ3v) is 3.02. The molecule has 23 heavy (non-hydrogen) atoms. The summed E-state index contributed by atoms with van der Waals surface area (Å²) in [6.07, 6.45) is -9.57. The van der Waals surface area contributed by atoms with E-state index in [0.717, 1.165) is 12.1 Å². The van der Waals surface area contributed by atoms with E-state index >= 15 is 0 Å². The van der Waals surface area contributed by atoms with Crippen LogP contribution in [0.15, 0.2) is 12.1 Å². The van der Waals surface area contributed by atoms with Gasteiger partial charge < -0.3 is 10.1 Å². The third kappa shape index (κ3) is 6.85. The molecule has 0 amide bonds. The first-order chi connectivity index (χ1) is 10.3. The average Bonchev–Trinajstić information content (AvgIpc) is 2.29. The monoisotopic (exact) mass is 401 g/mol. The van der Waals surface area contributed by atoms with Crippen LogP contribution in [0, 0.1) is 0 Å². The van der Waals surface area contributed by atoms with Crippen LogP contribution in [0.2, 0.25) is 10.0 Å². The Hall–Kier alpha value is -1.17. The van der Waals surface area contributed by atoms with Crippen LogP contribution in [0.5, 0.6) is 5.75 Å². The molecule has 13 heteroatoms. The Morgan fingerprint density at radius 3 is 2.04 bits per heavy atom. The third-order valence-electron chi connectivity index (χ3n) is 2.09. The quantitative estimate of drug-likeness (QED) is 0.341. The normalized spacial score (nSPS) is 12.0. The molecule has 0 fully saturated rings. The lowest BCUT2D eigenvalue weighted by molar-refractivity contribution is -0.274. The van der Waals surface area contributed by atoms with Crippen LogP contribution in [0.3, 0.4) is 0 Å². The van der Waals surface area contributed by atoms with Crippen molar-refractivity contribution in [2.24, 2.45) is 5.84 Å². The Morgan fingerprint density at radius 2 is 1.65 bits per heavy atom. The van der Waals surface area contributed by atoms with Crippen molar-refractivity contribution in [1.29, 1.82) is 0 Å². The number of thiocarbonyl (C=S) groups is 1. The molecule has 0 saturated carbocycles. The van der Waals surface area contributed by atoms with E-state index in [0.29, 0.717) is 0 Å². The summed E-state index contributed by atoms with van der Waals surface area (Å²) in [5, 5.41) is 1.08. The van der Waals surface area contributed by atoms with Gasteiger partial charge in [-0.15, -0.1) is 13.2 Å². The summed E-state index contributed by atoms with van der Waals surface area (Å²) in [4.78, 5) is 0. The van der Waals surface area contributed by atoms with Gasteiger partial charge in [0, 0.05) is 12.1 Å². The fourth-order valence-corrected chi connectivity index (χ4v) is 2.03. The fraction of sp³-hybridized carbons (Fsp3) is 0.300. The maximum absolute atomic E-state index is 12.2. The molecule has 1 rings (SSSR count). The zero-order chi connectivity index (χ0) is 18.0. The van der Waals surface area contributed by atoms with Crippen molar-refractivity contribution in [1.82, 2.24) is 5.01 Å². The lowest BCUT2D eigenvalue weighted by atomic mass is 10.3. The molecule has 0 radical (unpaired) electrons. The number of rotatable bonds is 3. The van der Waals surface area contributed by atoms with Gasteiger partial charge in [0.25, 0.3) is 0 Å². The van der Waals surface area contributed by atoms with Gasteiger partial charge in [-0.05, 0) is 12.2 Å². The van der Waals surface area contributed by atoms with Gasteiger partial charge >= 0.3 is 12.5 Å². The standard InChI is InChI=1S/C10H7Cl2F6N3OS/c11-5-1-4(22-10(16,17)18)2-6(12)7(5)20-8(23)21(19)3-9(13,14)15/h1-2H,3,19H2,(H,20,23). The Balaban J connectivity index is 2.91. The summed E-state index contributed by atoms with van der Waals surface area (Å²) in [6, 6.07) is 1.52. The molecular formula is C10H7Cl2F6N3OS. The largest absolute Gasteiger partial charge is 0.573 e. The van der Waals surface area contributed by atoms with Crippen LogP contribution in [0.25, 0.3) is 0 Å². The van der Waals surface area contributed by atoms with Gasteiger partial charge in [0.1, 0.15) is 12.3 Å². The number of nitrogens with one attached hydrogen (secondary N) is 1. The van der Waals surface area contributed by atoms with E-state index < -0.39 is 29.9 Å². The van der Waals surface area contributed by atoms with Crippen molar-refractivity contribution in [2.45, 2.75) is 12.5 Å². The molecule has 1 aromatic carbocycles. The van der Waals surface area contributed by atoms with Crippen molar-refractivity contribution in [3.63, 3.8) is 0 Å². The maximum Gasteiger partial charge on any atom is 0.573 e. The van der Waals surface area contributed by atoms with Crippen molar-refractivity contribution < 1.29 is 31.1 Å². The summed E-state index contributed by atoms with van der Waals surface area (Å²) in [7, 11) is 0. The van der Waals surface area contributed by atoms with Crippen molar-refractivity contribution in [3.8, 4) is 5.75 Å². The predicted molar refractivity (Wildman–Crippen MR) is 76.3 cm³/mol. The zero-order valence-electron chi connectivity index (χ0n) is 10.7. The van der Waals surface area contributed by atoms with E-state index in [4.69, 9.17) is 29.0 Å². The molecule has 4 nitrogen and oxygen atoms in total. The van der Waals surface area contributed by atoms with E-state index in [-0.39, 0.29) is 20.7 Å². The second-order valence-electron chi connectivity index (χ2n) is 3.98. The minimum absolute atomic E-state index is 0.169. The Labute approximate surface area is 141 Å². The Bertz CT molecular complexity index is 572. The molecule has 0 aliphatic carbocycles. The molecule has 0 saturated heterocycles. The molecule has 0 aromatic heterocycles. The molecule has 0 heterocycles. The highest BCUT2D eigenvalue weighted by Gasteiger charge is 2.32. The molecule has 3 N–H and O–H groups in total. The van der Waals surface area contributed by atoms with Crippen molar-refractivity contribution >= 4 is 46.2 Å². The number of nitrogens with zero attached hydrogens (tertiary/aromatic N) is 1. The number of nitrogens with two attached hydrogens (primary N) is 1. The number of ether oxygens (including phenoxy) is 1. The summed E-state index contributed by atoms with van der Waals surface area (Å²) in [6.45, 7) is -1.55. The minimum Gasteiger partial charge on any atom is -0.406 e. The van der Waals surface area contributed by atoms with Gasteiger partial charge in [0.05, 0.1) is 15.7 Å². The number of alkyl halides is 6. The number of hydrazine groups is 1. The highest BCUT2D eigenvalue weighted by molar-refractivity contribution is 7.80. The van der Waals surface area contributed by atoms with Gasteiger partial charge in [-0.25, -0.2) is 5.84 Å². The first kappa shape index (κ1) is 19.9. The van der Waals surface area contributed by atoms with E-state index in [1.54, 1.807) is 0 Å². The van der Waals surface area contributed by atoms with Crippen molar-refractivity contribution in [2.75, 3.05) is 11.9 Å². The van der Waals surface area contributed by atoms with Crippen LogP contribution in [0.4, 0.5) is 32.0 Å². The number of anilines is 1. The van der Waals surface area contributed by atoms with Crippen LogP contribution in [-0.2, 0) is 0 Å². The average molecular weight is 402 g/mol. The topological polar surface area (TPSA) is 50.5 Å². The second kappa shape index (κ2) is 7.16. The highest BCUT2D eigenvalue weighted by atomic mass is 35.5. The Morgan fingerprint density at radius 1 is 1.17 bits per heavy atom. The van der Waals surface area contributed by atoms with E-state index in [1.165, 1.54) is 0 Å². The zero-order valence-corrected chi connectivity index (χ0v) is 13.1.